The average Bonchev–Trinajstić information content (AvgIpc) is 3.39. The molecule has 1 amide bonds. The summed E-state index contributed by atoms with van der Waals surface area (Å²) in [5, 5.41) is 8.65. The molecule has 3 heterocycles. The number of hydrogen-bond acceptors (Lipinski definition) is 6. The molecule has 0 aliphatic rings. The number of nitrogens with zero attached hydrogens (tertiary/aromatic N) is 4. The van der Waals surface area contributed by atoms with Crippen LogP contribution in [0.25, 0.3) is 10.9 Å². The van der Waals surface area contributed by atoms with Crippen LogP contribution in [0.3, 0.4) is 0 Å². The Kier molecular flexibility index (Phi) is 6.42. The average molecular weight is 504 g/mol. The summed E-state index contributed by atoms with van der Waals surface area (Å²) in [5.74, 6) is -0.696. The fourth-order valence-corrected chi connectivity index (χ4v) is 3.59. The molecular weight excluding hydrogens is 485 g/mol. The van der Waals surface area contributed by atoms with Crippen molar-refractivity contribution in [2.75, 3.05) is 10.4 Å². The van der Waals surface area contributed by atoms with Gasteiger partial charge in [0.25, 0.3) is 5.91 Å². The van der Waals surface area contributed by atoms with Gasteiger partial charge in [-0.25, -0.2) is 5.01 Å². The molecule has 0 unspecified atom stereocenters. The highest BCUT2D eigenvalue weighted by Gasteiger charge is 2.33. The summed E-state index contributed by atoms with van der Waals surface area (Å²) in [6.45, 7) is -0.0535. The quantitative estimate of drug-likeness (QED) is 0.279. The molecule has 8 nitrogen and oxygen atoms in total. The Morgan fingerprint density at radius 1 is 1.00 bits per heavy atom. The van der Waals surface area contributed by atoms with Crippen LogP contribution in [0.2, 0.25) is 0 Å². The summed E-state index contributed by atoms with van der Waals surface area (Å²) in [6.07, 6.45) is 1.34. The van der Waals surface area contributed by atoms with Crippen molar-refractivity contribution in [3.63, 3.8) is 0 Å². The zero-order valence-electron chi connectivity index (χ0n) is 19.1. The maximum Gasteiger partial charge on any atom is 0.416 e. The molecule has 0 aliphatic heterocycles. The monoisotopic (exact) mass is 504 g/mol. The zero-order valence-corrected chi connectivity index (χ0v) is 19.1. The van der Waals surface area contributed by atoms with Crippen molar-refractivity contribution >= 4 is 28.2 Å². The predicted octanol–water partition coefficient (Wildman–Crippen LogP) is 5.62. The van der Waals surface area contributed by atoms with Crippen molar-refractivity contribution in [2.45, 2.75) is 12.8 Å². The number of amides is 1. The molecule has 11 heteroatoms. The number of halogens is 3. The number of fused-ring (bicyclic) bond motifs is 1. The number of alkyl halides is 3. The number of anilines is 2. The van der Waals surface area contributed by atoms with Crippen molar-refractivity contribution in [3.8, 4) is 5.75 Å². The number of aromatic amines is 1. The molecule has 0 aliphatic carbocycles. The number of aromatic nitrogens is 4. The lowest BCUT2D eigenvalue weighted by molar-refractivity contribution is -0.137. The van der Waals surface area contributed by atoms with Crippen molar-refractivity contribution in [3.05, 3.63) is 108 Å². The molecule has 2 aromatic carbocycles. The van der Waals surface area contributed by atoms with Crippen LogP contribution in [0.5, 0.6) is 5.75 Å². The molecule has 5 rings (SSSR count). The number of hydrazine groups is 1. The van der Waals surface area contributed by atoms with E-state index in [0.717, 1.165) is 22.5 Å². The Morgan fingerprint density at radius 2 is 1.89 bits per heavy atom. The molecule has 0 bridgehead atoms. The van der Waals surface area contributed by atoms with Crippen molar-refractivity contribution in [1.82, 2.24) is 20.2 Å². The van der Waals surface area contributed by atoms with E-state index in [-0.39, 0.29) is 23.6 Å². The number of ether oxygens (including phenoxy) is 1. The molecule has 0 radical (unpaired) electrons. The number of carbonyl (C=O) groups is 1. The number of rotatable bonds is 7. The van der Waals surface area contributed by atoms with E-state index in [2.05, 4.69) is 25.6 Å². The van der Waals surface area contributed by atoms with E-state index in [4.69, 9.17) is 4.74 Å². The SMILES string of the molecule is O=C(c1cccnc1)N(Nc1ccc2cn[nH]c2c1)c1cc(OCc2ccccn2)cc(C(F)(F)F)c1. The topological polar surface area (TPSA) is 96.0 Å². The summed E-state index contributed by atoms with van der Waals surface area (Å²) in [6, 6.07) is 16.5. The number of pyridine rings is 2. The molecular formula is C26H19F3N6O2. The van der Waals surface area contributed by atoms with Crippen LogP contribution in [0.4, 0.5) is 24.5 Å². The van der Waals surface area contributed by atoms with Gasteiger partial charge >= 0.3 is 6.18 Å². The van der Waals surface area contributed by atoms with Crippen LogP contribution in [-0.2, 0) is 12.8 Å². The minimum atomic E-state index is -4.68. The van der Waals surface area contributed by atoms with Crippen molar-refractivity contribution in [2.24, 2.45) is 0 Å². The highest BCUT2D eigenvalue weighted by Crippen LogP contribution is 2.36. The van der Waals surface area contributed by atoms with Gasteiger partial charge in [-0.05, 0) is 54.6 Å². The number of H-pyrrole nitrogens is 1. The molecule has 0 fully saturated rings. The van der Waals surface area contributed by atoms with Crippen LogP contribution in [0.1, 0.15) is 21.6 Å². The van der Waals surface area contributed by atoms with Gasteiger partial charge in [0, 0.05) is 30.0 Å². The van der Waals surface area contributed by atoms with Gasteiger partial charge in [0.15, 0.2) is 0 Å². The highest BCUT2D eigenvalue weighted by atomic mass is 19.4. The molecule has 0 spiro atoms. The molecule has 5 aromatic rings. The van der Waals surface area contributed by atoms with E-state index >= 15 is 0 Å². The molecule has 0 atom stereocenters. The Hall–Kier alpha value is -4.93. The first-order valence-electron chi connectivity index (χ1n) is 11.1. The van der Waals surface area contributed by atoms with Gasteiger partial charge < -0.3 is 4.74 Å². The summed E-state index contributed by atoms with van der Waals surface area (Å²) < 4.78 is 47.2. The smallest absolute Gasteiger partial charge is 0.416 e. The number of nitrogens with one attached hydrogen (secondary N) is 2. The van der Waals surface area contributed by atoms with E-state index in [1.165, 1.54) is 24.5 Å². The lowest BCUT2D eigenvalue weighted by Crippen LogP contribution is -2.36. The Labute approximate surface area is 208 Å². The number of benzene rings is 2. The first kappa shape index (κ1) is 23.8. The summed E-state index contributed by atoms with van der Waals surface area (Å²) >= 11 is 0. The van der Waals surface area contributed by atoms with Crippen molar-refractivity contribution in [1.29, 1.82) is 0 Å². The number of hydrogen-bond donors (Lipinski definition) is 2. The van der Waals surface area contributed by atoms with E-state index in [1.54, 1.807) is 54.9 Å². The normalized spacial score (nSPS) is 11.3. The first-order valence-corrected chi connectivity index (χ1v) is 11.1. The summed E-state index contributed by atoms with van der Waals surface area (Å²) in [5.41, 5.74) is 3.71. The van der Waals surface area contributed by atoms with E-state index in [0.29, 0.717) is 16.9 Å². The van der Waals surface area contributed by atoms with Gasteiger partial charge in [0.05, 0.1) is 39.9 Å². The molecule has 3 aromatic heterocycles. The van der Waals surface area contributed by atoms with Crippen molar-refractivity contribution < 1.29 is 22.7 Å². The molecule has 2 N–H and O–H groups in total. The minimum Gasteiger partial charge on any atom is -0.487 e. The maximum absolute atomic E-state index is 13.9. The van der Waals surface area contributed by atoms with Gasteiger partial charge in [0.2, 0.25) is 0 Å². The Morgan fingerprint density at radius 3 is 2.65 bits per heavy atom. The minimum absolute atomic E-state index is 0.0535. The lowest BCUT2D eigenvalue weighted by atomic mass is 10.1. The van der Waals surface area contributed by atoms with Gasteiger partial charge in [-0.2, -0.15) is 18.3 Å². The van der Waals surface area contributed by atoms with Gasteiger partial charge in [-0.15, -0.1) is 0 Å². The van der Waals surface area contributed by atoms with Gasteiger partial charge in [-0.1, -0.05) is 6.07 Å². The molecule has 37 heavy (non-hydrogen) atoms. The van der Waals surface area contributed by atoms with Crippen LogP contribution in [0, 0.1) is 0 Å². The van der Waals surface area contributed by atoms with E-state index in [1.807, 2.05) is 0 Å². The fourth-order valence-electron chi connectivity index (χ4n) is 3.59. The Balaban J connectivity index is 1.55. The third kappa shape index (κ3) is 5.50. The maximum atomic E-state index is 13.9. The van der Waals surface area contributed by atoms with E-state index in [9.17, 15) is 18.0 Å². The van der Waals surface area contributed by atoms with Crippen LogP contribution >= 0.6 is 0 Å². The number of carbonyl (C=O) groups excluding carboxylic acids is 1. The third-order valence-corrected chi connectivity index (χ3v) is 5.38. The predicted molar refractivity (Wildman–Crippen MR) is 131 cm³/mol. The van der Waals surface area contributed by atoms with E-state index < -0.39 is 17.6 Å². The van der Waals surface area contributed by atoms with Gasteiger partial charge in [-0.3, -0.25) is 25.3 Å². The first-order chi connectivity index (χ1) is 17.9. The van der Waals surface area contributed by atoms with Gasteiger partial charge in [0.1, 0.15) is 12.4 Å². The Bertz CT molecular complexity index is 1520. The molecule has 186 valence electrons. The second-order valence-corrected chi connectivity index (χ2v) is 7.99. The van der Waals surface area contributed by atoms with Crippen LogP contribution in [-0.4, -0.2) is 26.1 Å². The highest BCUT2D eigenvalue weighted by molar-refractivity contribution is 6.07. The largest absolute Gasteiger partial charge is 0.487 e. The second-order valence-electron chi connectivity index (χ2n) is 7.99. The zero-order chi connectivity index (χ0) is 25.8. The standard InChI is InChI=1S/C26H19F3N6O2/c27-26(28,29)19-10-22(13-23(11-19)37-16-21-5-1-2-9-31-21)35(25(36)18-4-3-8-30-14-18)34-20-7-6-17-15-32-33-24(17)12-20/h1-15,34H,16H2,(H,32,33). The fraction of sp³-hybridized carbons (Fsp3) is 0.0769. The second kappa shape index (κ2) is 9.97. The summed E-state index contributed by atoms with van der Waals surface area (Å²) in [4.78, 5) is 21.6. The lowest BCUT2D eigenvalue weighted by Gasteiger charge is -2.26. The van der Waals surface area contributed by atoms with Crippen LogP contribution in [0.15, 0.2) is 91.5 Å². The van der Waals surface area contributed by atoms with Crippen LogP contribution < -0.4 is 15.2 Å². The molecule has 0 saturated carbocycles. The molecule has 0 saturated heterocycles. The summed E-state index contributed by atoms with van der Waals surface area (Å²) in [7, 11) is 0. The third-order valence-electron chi connectivity index (χ3n) is 5.38.